The molecule has 4 aromatic rings. The second-order valence-corrected chi connectivity index (χ2v) is 9.37. The van der Waals surface area contributed by atoms with E-state index in [0.717, 1.165) is 19.4 Å². The van der Waals surface area contributed by atoms with Gasteiger partial charge in [0.2, 0.25) is 11.6 Å². The molecule has 1 aliphatic rings. The van der Waals surface area contributed by atoms with Gasteiger partial charge in [-0.25, -0.2) is 0 Å². The summed E-state index contributed by atoms with van der Waals surface area (Å²) in [4.78, 5) is 21.1. The van der Waals surface area contributed by atoms with Crippen LogP contribution >= 0.6 is 0 Å². The Kier molecular flexibility index (Phi) is 7.44. The van der Waals surface area contributed by atoms with E-state index in [1.165, 1.54) is 18.3 Å². The highest BCUT2D eigenvalue weighted by molar-refractivity contribution is 5.69. The number of pyridine rings is 1. The van der Waals surface area contributed by atoms with Crippen molar-refractivity contribution in [1.29, 1.82) is 0 Å². The van der Waals surface area contributed by atoms with E-state index in [1.807, 2.05) is 0 Å². The number of aromatic nitrogens is 4. The molecule has 10 nitrogen and oxygen atoms in total. The number of hydrogen-bond acceptors (Lipinski definition) is 9. The smallest absolute Gasteiger partial charge is 0.422 e. The summed E-state index contributed by atoms with van der Waals surface area (Å²) in [5.41, 5.74) is -0.594. The molecule has 0 radical (unpaired) electrons. The molecule has 1 aromatic carbocycles. The highest BCUT2D eigenvalue weighted by atomic mass is 19.4. The third-order valence-corrected chi connectivity index (χ3v) is 6.55. The van der Waals surface area contributed by atoms with Crippen LogP contribution < -0.4 is 0 Å². The SMILES string of the molecule is O=C(O)CC1CCCN(CC(O)c2ccc(-c3noc(-c4onc(-c5ccccn5)c4C(F)(F)F)n3)cc2)C1. The third-order valence-electron chi connectivity index (χ3n) is 6.55. The lowest BCUT2D eigenvalue weighted by Crippen LogP contribution is -2.38. The minimum atomic E-state index is -4.82. The van der Waals surface area contributed by atoms with Crippen LogP contribution in [0.1, 0.15) is 36.5 Å². The number of benzene rings is 1. The van der Waals surface area contributed by atoms with E-state index in [0.29, 0.717) is 24.2 Å². The van der Waals surface area contributed by atoms with Crippen LogP contribution in [-0.4, -0.2) is 61.0 Å². The van der Waals surface area contributed by atoms with Crippen LogP contribution in [0.5, 0.6) is 0 Å². The summed E-state index contributed by atoms with van der Waals surface area (Å²) in [6.45, 7) is 1.74. The van der Waals surface area contributed by atoms with Gasteiger partial charge >= 0.3 is 12.1 Å². The molecule has 0 bridgehead atoms. The van der Waals surface area contributed by atoms with Gasteiger partial charge in [-0.15, -0.1) is 0 Å². The summed E-state index contributed by atoms with van der Waals surface area (Å²) in [6, 6.07) is 11.1. The monoisotopic (exact) mass is 543 g/mol. The molecule has 3 aromatic heterocycles. The van der Waals surface area contributed by atoms with Crippen LogP contribution in [0, 0.1) is 5.92 Å². The number of aliphatic hydroxyl groups excluding tert-OH is 1. The second-order valence-electron chi connectivity index (χ2n) is 9.37. The van der Waals surface area contributed by atoms with Crippen molar-refractivity contribution < 1.29 is 37.2 Å². The van der Waals surface area contributed by atoms with Crippen molar-refractivity contribution in [1.82, 2.24) is 25.2 Å². The molecule has 5 rings (SSSR count). The minimum absolute atomic E-state index is 0.0179. The van der Waals surface area contributed by atoms with Crippen LogP contribution in [0.3, 0.4) is 0 Å². The summed E-state index contributed by atoms with van der Waals surface area (Å²) in [5, 5.41) is 27.1. The number of carboxylic acid groups (broad SMARTS) is 1. The molecule has 0 aliphatic carbocycles. The van der Waals surface area contributed by atoms with Gasteiger partial charge in [-0.1, -0.05) is 40.6 Å². The summed E-state index contributed by atoms with van der Waals surface area (Å²) in [6.07, 6.45) is -2.46. The van der Waals surface area contributed by atoms with Gasteiger partial charge < -0.3 is 24.2 Å². The van der Waals surface area contributed by atoms with Gasteiger partial charge in [0.15, 0.2) is 0 Å². The van der Waals surface area contributed by atoms with Gasteiger partial charge in [-0.05, 0) is 43.0 Å². The largest absolute Gasteiger partial charge is 0.481 e. The number of carboxylic acids is 1. The van der Waals surface area contributed by atoms with Crippen LogP contribution in [0.25, 0.3) is 34.4 Å². The van der Waals surface area contributed by atoms with E-state index in [-0.39, 0.29) is 23.9 Å². The van der Waals surface area contributed by atoms with Gasteiger partial charge in [0.25, 0.3) is 5.89 Å². The Hall–Kier alpha value is -4.10. The molecule has 0 amide bonds. The van der Waals surface area contributed by atoms with Crippen LogP contribution in [-0.2, 0) is 11.0 Å². The van der Waals surface area contributed by atoms with Gasteiger partial charge in [0.05, 0.1) is 11.8 Å². The Morgan fingerprint density at radius 3 is 2.62 bits per heavy atom. The molecular formula is C26H24F3N5O5. The fourth-order valence-electron chi connectivity index (χ4n) is 4.74. The maximum Gasteiger partial charge on any atom is 0.422 e. The average Bonchev–Trinajstić information content (AvgIpc) is 3.57. The first-order chi connectivity index (χ1) is 18.7. The van der Waals surface area contributed by atoms with Gasteiger partial charge in [0.1, 0.15) is 11.3 Å². The summed E-state index contributed by atoms with van der Waals surface area (Å²) < 4.78 is 51.9. The van der Waals surface area contributed by atoms with Crippen molar-refractivity contribution in [2.45, 2.75) is 31.5 Å². The maximum atomic E-state index is 13.9. The Morgan fingerprint density at radius 1 is 1.13 bits per heavy atom. The molecule has 2 unspecified atom stereocenters. The first-order valence-electron chi connectivity index (χ1n) is 12.2. The number of carbonyl (C=O) groups is 1. The standard InChI is InChI=1S/C26H24F3N5O5/c27-26(28,29)21-22(18-5-1-2-10-30-18)32-38-23(21)25-31-24(33-39-25)17-8-6-16(7-9-17)19(35)14-34-11-3-4-15(13-34)12-20(36)37/h1-2,5-10,15,19,35H,3-4,11-14H2,(H,36,37). The number of likely N-dealkylation sites (tertiary alicyclic amines) is 1. The lowest BCUT2D eigenvalue weighted by atomic mass is 9.94. The minimum Gasteiger partial charge on any atom is -0.481 e. The molecule has 1 fully saturated rings. The number of halogens is 3. The number of aliphatic hydroxyl groups is 1. The zero-order chi connectivity index (χ0) is 27.6. The number of aliphatic carboxylic acids is 1. The topological polar surface area (TPSA) is 139 Å². The van der Waals surface area contributed by atoms with Crippen molar-refractivity contribution in [3.8, 4) is 34.4 Å². The fourth-order valence-corrected chi connectivity index (χ4v) is 4.74. The molecular weight excluding hydrogens is 519 g/mol. The predicted octanol–water partition coefficient (Wildman–Crippen LogP) is 4.69. The quantitative estimate of drug-likeness (QED) is 0.322. The molecule has 13 heteroatoms. The van der Waals surface area contributed by atoms with Crippen molar-refractivity contribution in [2.24, 2.45) is 5.92 Å². The fraction of sp³-hybridized carbons (Fsp3) is 0.346. The Morgan fingerprint density at radius 2 is 1.92 bits per heavy atom. The molecule has 39 heavy (non-hydrogen) atoms. The van der Waals surface area contributed by atoms with Crippen molar-refractivity contribution in [2.75, 3.05) is 19.6 Å². The third kappa shape index (κ3) is 5.99. The zero-order valence-corrected chi connectivity index (χ0v) is 20.5. The molecule has 1 aliphatic heterocycles. The molecule has 4 heterocycles. The first kappa shape index (κ1) is 26.5. The zero-order valence-electron chi connectivity index (χ0n) is 20.5. The summed E-state index contributed by atoms with van der Waals surface area (Å²) in [5.74, 6) is -1.94. The molecule has 0 spiro atoms. The summed E-state index contributed by atoms with van der Waals surface area (Å²) >= 11 is 0. The lowest BCUT2D eigenvalue weighted by Gasteiger charge is -2.33. The molecule has 1 saturated heterocycles. The number of alkyl halides is 3. The number of rotatable bonds is 8. The molecule has 2 N–H and O–H groups in total. The maximum absolute atomic E-state index is 13.9. The van der Waals surface area contributed by atoms with E-state index in [9.17, 15) is 23.1 Å². The van der Waals surface area contributed by atoms with Gasteiger partial charge in [-0.2, -0.15) is 18.2 Å². The Bertz CT molecular complexity index is 1420. The van der Waals surface area contributed by atoms with E-state index in [1.54, 1.807) is 30.3 Å². The summed E-state index contributed by atoms with van der Waals surface area (Å²) in [7, 11) is 0. The van der Waals surface area contributed by atoms with E-state index in [2.05, 4.69) is 25.2 Å². The van der Waals surface area contributed by atoms with Crippen LogP contribution in [0.15, 0.2) is 57.7 Å². The van der Waals surface area contributed by atoms with Crippen LogP contribution in [0.4, 0.5) is 13.2 Å². The first-order valence-corrected chi connectivity index (χ1v) is 12.2. The predicted molar refractivity (Wildman–Crippen MR) is 130 cm³/mol. The van der Waals surface area contributed by atoms with Crippen molar-refractivity contribution in [3.05, 3.63) is 59.8 Å². The highest BCUT2D eigenvalue weighted by Gasteiger charge is 2.43. The average molecular weight is 544 g/mol. The normalized spacial score (nSPS) is 17.3. The number of piperidine rings is 1. The number of β-amino-alcohol motifs (C(OH)–C–C–N with tert-alkyl or cyclic N) is 1. The van der Waals surface area contributed by atoms with Gasteiger partial charge in [0, 0.05) is 31.3 Å². The molecule has 2 atom stereocenters. The van der Waals surface area contributed by atoms with Crippen molar-refractivity contribution in [3.63, 3.8) is 0 Å². The van der Waals surface area contributed by atoms with E-state index >= 15 is 0 Å². The van der Waals surface area contributed by atoms with E-state index < -0.39 is 41.2 Å². The van der Waals surface area contributed by atoms with E-state index in [4.69, 9.17) is 14.2 Å². The van der Waals surface area contributed by atoms with Crippen molar-refractivity contribution >= 4 is 5.97 Å². The highest BCUT2D eigenvalue weighted by Crippen LogP contribution is 2.42. The Balaban J connectivity index is 1.31. The van der Waals surface area contributed by atoms with Crippen LogP contribution in [0.2, 0.25) is 0 Å². The Labute approximate surface area is 220 Å². The number of nitrogens with zero attached hydrogens (tertiary/aromatic N) is 5. The second kappa shape index (κ2) is 10.9. The lowest BCUT2D eigenvalue weighted by molar-refractivity contribution is -0.139. The molecule has 0 saturated carbocycles. The van der Waals surface area contributed by atoms with Gasteiger partial charge in [-0.3, -0.25) is 9.78 Å². The molecule has 204 valence electrons. The number of hydrogen-bond donors (Lipinski definition) is 2.